The molecule has 0 spiro atoms. The first-order valence-corrected chi connectivity index (χ1v) is 10.4. The molecule has 1 aliphatic rings. The van der Waals surface area contributed by atoms with Crippen molar-refractivity contribution in [3.05, 3.63) is 53.3 Å². The number of guanidine groups is 1. The molecule has 2 heterocycles. The molecule has 1 saturated heterocycles. The average molecular weight is 510 g/mol. The van der Waals surface area contributed by atoms with Gasteiger partial charge in [0.1, 0.15) is 0 Å². The minimum absolute atomic E-state index is 0. The molecule has 0 unspecified atom stereocenters. The minimum atomic E-state index is 0. The van der Waals surface area contributed by atoms with E-state index in [9.17, 15) is 0 Å². The third-order valence-electron chi connectivity index (χ3n) is 5.40. The number of aromatic nitrogens is 2. The van der Waals surface area contributed by atoms with Crippen LogP contribution >= 0.6 is 24.0 Å². The summed E-state index contributed by atoms with van der Waals surface area (Å²) in [5.74, 6) is 1.71. The Hall–Kier alpha value is -1.61. The topological polar surface area (TPSA) is 57.5 Å². The third kappa shape index (κ3) is 7.62. The SMILES string of the molecule is CCNC(=NCc1cccc(CN2CCC(C)CC2)c1)NCc1ccnn1C.I. The lowest BCUT2D eigenvalue weighted by Gasteiger charge is -2.30. The predicted octanol–water partition coefficient (Wildman–Crippen LogP) is 3.53. The highest BCUT2D eigenvalue weighted by Crippen LogP contribution is 2.18. The molecular formula is C22H35IN6. The fourth-order valence-corrected chi connectivity index (χ4v) is 3.57. The van der Waals surface area contributed by atoms with Gasteiger partial charge in [-0.1, -0.05) is 31.2 Å². The fraction of sp³-hybridized carbons (Fsp3) is 0.545. The lowest BCUT2D eigenvalue weighted by atomic mass is 9.98. The number of rotatable bonds is 7. The van der Waals surface area contributed by atoms with E-state index in [-0.39, 0.29) is 24.0 Å². The average Bonchev–Trinajstić information content (AvgIpc) is 3.11. The summed E-state index contributed by atoms with van der Waals surface area (Å²) in [6.45, 7) is 10.1. The Bertz CT molecular complexity index is 764. The van der Waals surface area contributed by atoms with Crippen LogP contribution in [0.25, 0.3) is 0 Å². The highest BCUT2D eigenvalue weighted by atomic mass is 127. The largest absolute Gasteiger partial charge is 0.357 e. The summed E-state index contributed by atoms with van der Waals surface area (Å²) < 4.78 is 1.88. The van der Waals surface area contributed by atoms with Gasteiger partial charge >= 0.3 is 0 Å². The Kier molecular flexibility index (Phi) is 9.93. The molecule has 6 nitrogen and oxygen atoms in total. The summed E-state index contributed by atoms with van der Waals surface area (Å²) in [4.78, 5) is 7.33. The van der Waals surface area contributed by atoms with Gasteiger partial charge in [-0.2, -0.15) is 5.10 Å². The van der Waals surface area contributed by atoms with Crippen molar-refractivity contribution in [2.45, 2.75) is 46.3 Å². The van der Waals surface area contributed by atoms with Crippen LogP contribution in [-0.4, -0.2) is 40.3 Å². The third-order valence-corrected chi connectivity index (χ3v) is 5.40. The monoisotopic (exact) mass is 510 g/mol. The Labute approximate surface area is 192 Å². The standard InChI is InChI=1S/C22H34N6.HI/c1-4-23-22(25-16-21-8-11-26-27(21)3)24-15-19-6-5-7-20(14-19)17-28-12-9-18(2)10-13-28;/h5-8,11,14,18H,4,9-10,12-13,15-17H2,1-3H3,(H2,23,24,25);1H. The summed E-state index contributed by atoms with van der Waals surface area (Å²) in [5.41, 5.74) is 3.76. The Morgan fingerprint density at radius 1 is 1.17 bits per heavy atom. The van der Waals surface area contributed by atoms with E-state index in [0.717, 1.165) is 30.7 Å². The molecule has 0 radical (unpaired) electrons. The van der Waals surface area contributed by atoms with E-state index in [4.69, 9.17) is 4.99 Å². The molecule has 1 aromatic heterocycles. The van der Waals surface area contributed by atoms with Crippen molar-refractivity contribution in [2.24, 2.45) is 18.0 Å². The van der Waals surface area contributed by atoms with Gasteiger partial charge in [0.05, 0.1) is 18.8 Å². The first-order valence-electron chi connectivity index (χ1n) is 10.4. The van der Waals surface area contributed by atoms with Gasteiger partial charge in [0.2, 0.25) is 0 Å². The maximum atomic E-state index is 4.76. The van der Waals surface area contributed by atoms with Crippen molar-refractivity contribution >= 4 is 29.9 Å². The molecule has 0 amide bonds. The number of hydrogen-bond donors (Lipinski definition) is 2. The van der Waals surface area contributed by atoms with Gasteiger partial charge in [-0.15, -0.1) is 24.0 Å². The van der Waals surface area contributed by atoms with Crippen LogP contribution in [-0.2, 0) is 26.7 Å². The van der Waals surface area contributed by atoms with Crippen molar-refractivity contribution in [3.8, 4) is 0 Å². The van der Waals surface area contributed by atoms with Crippen molar-refractivity contribution < 1.29 is 0 Å². The van der Waals surface area contributed by atoms with Gasteiger partial charge in [-0.25, -0.2) is 4.99 Å². The van der Waals surface area contributed by atoms with Crippen molar-refractivity contribution in [2.75, 3.05) is 19.6 Å². The second-order valence-electron chi connectivity index (χ2n) is 7.77. The number of nitrogens with one attached hydrogen (secondary N) is 2. The molecule has 7 heteroatoms. The zero-order valence-electron chi connectivity index (χ0n) is 17.9. The molecule has 1 fully saturated rings. The molecule has 0 saturated carbocycles. The molecule has 3 rings (SSSR count). The van der Waals surface area contributed by atoms with Crippen LogP contribution in [0, 0.1) is 5.92 Å². The number of aryl methyl sites for hydroxylation is 1. The fourth-order valence-electron chi connectivity index (χ4n) is 3.57. The number of piperidine rings is 1. The van der Waals surface area contributed by atoms with Gasteiger partial charge in [0.15, 0.2) is 5.96 Å². The van der Waals surface area contributed by atoms with E-state index in [1.54, 1.807) is 0 Å². The molecule has 2 N–H and O–H groups in total. The predicted molar refractivity (Wildman–Crippen MR) is 130 cm³/mol. The second-order valence-corrected chi connectivity index (χ2v) is 7.77. The molecule has 0 bridgehead atoms. The van der Waals surface area contributed by atoms with Crippen LogP contribution in [0.5, 0.6) is 0 Å². The highest BCUT2D eigenvalue weighted by Gasteiger charge is 2.15. The number of benzene rings is 1. The molecule has 0 aliphatic carbocycles. The van der Waals surface area contributed by atoms with Crippen molar-refractivity contribution in [1.29, 1.82) is 0 Å². The van der Waals surface area contributed by atoms with Crippen molar-refractivity contribution in [1.82, 2.24) is 25.3 Å². The quantitative estimate of drug-likeness (QED) is 0.340. The van der Waals surface area contributed by atoms with E-state index in [2.05, 4.69) is 58.7 Å². The Balaban J connectivity index is 0.00000300. The minimum Gasteiger partial charge on any atom is -0.357 e. The van der Waals surface area contributed by atoms with Gasteiger partial charge in [-0.3, -0.25) is 9.58 Å². The second kappa shape index (κ2) is 12.2. The summed E-state index contributed by atoms with van der Waals surface area (Å²) >= 11 is 0. The van der Waals surface area contributed by atoms with E-state index < -0.39 is 0 Å². The number of nitrogens with zero attached hydrogens (tertiary/aromatic N) is 4. The number of halogens is 1. The Morgan fingerprint density at radius 2 is 1.93 bits per heavy atom. The maximum Gasteiger partial charge on any atom is 0.191 e. The van der Waals surface area contributed by atoms with Gasteiger partial charge < -0.3 is 10.6 Å². The zero-order chi connectivity index (χ0) is 19.8. The van der Waals surface area contributed by atoms with Crippen LogP contribution in [0.4, 0.5) is 0 Å². The normalized spacial score (nSPS) is 15.8. The van der Waals surface area contributed by atoms with E-state index in [1.165, 1.54) is 37.1 Å². The molecule has 1 aliphatic heterocycles. The lowest BCUT2D eigenvalue weighted by Crippen LogP contribution is -2.37. The molecule has 0 atom stereocenters. The van der Waals surface area contributed by atoms with Crippen LogP contribution in [0.1, 0.15) is 43.5 Å². The molecule has 160 valence electrons. The number of hydrogen-bond acceptors (Lipinski definition) is 3. The Morgan fingerprint density at radius 3 is 2.62 bits per heavy atom. The van der Waals surface area contributed by atoms with Gasteiger partial charge in [0, 0.05) is 26.3 Å². The molecule has 29 heavy (non-hydrogen) atoms. The van der Waals surface area contributed by atoms with Crippen LogP contribution < -0.4 is 10.6 Å². The summed E-state index contributed by atoms with van der Waals surface area (Å²) in [5, 5.41) is 10.9. The number of aliphatic imine (C=N–C) groups is 1. The van der Waals surface area contributed by atoms with Crippen LogP contribution in [0.2, 0.25) is 0 Å². The van der Waals surface area contributed by atoms with Gasteiger partial charge in [-0.05, 0) is 56.0 Å². The summed E-state index contributed by atoms with van der Waals surface area (Å²) in [7, 11) is 1.95. The first kappa shape index (κ1) is 23.7. The van der Waals surface area contributed by atoms with Crippen molar-refractivity contribution in [3.63, 3.8) is 0 Å². The smallest absolute Gasteiger partial charge is 0.191 e. The van der Waals surface area contributed by atoms with Gasteiger partial charge in [0.25, 0.3) is 0 Å². The summed E-state index contributed by atoms with van der Waals surface area (Å²) in [6.07, 6.45) is 4.45. The van der Waals surface area contributed by atoms with Crippen LogP contribution in [0.15, 0.2) is 41.5 Å². The van der Waals surface area contributed by atoms with Crippen LogP contribution in [0.3, 0.4) is 0 Å². The van der Waals surface area contributed by atoms with E-state index >= 15 is 0 Å². The highest BCUT2D eigenvalue weighted by molar-refractivity contribution is 14.0. The first-order chi connectivity index (χ1) is 13.6. The van der Waals surface area contributed by atoms with E-state index in [0.29, 0.717) is 13.1 Å². The molecular weight excluding hydrogens is 475 g/mol. The maximum absolute atomic E-state index is 4.76. The zero-order valence-corrected chi connectivity index (χ0v) is 20.2. The molecule has 1 aromatic carbocycles. The lowest BCUT2D eigenvalue weighted by molar-refractivity contribution is 0.185. The number of likely N-dealkylation sites (tertiary alicyclic amines) is 1. The summed E-state index contributed by atoms with van der Waals surface area (Å²) in [6, 6.07) is 10.9. The van der Waals surface area contributed by atoms with E-state index in [1.807, 2.05) is 24.0 Å². The molecule has 2 aromatic rings.